The topological polar surface area (TPSA) is 59.2 Å². The third-order valence-corrected chi connectivity index (χ3v) is 4.02. The summed E-state index contributed by atoms with van der Waals surface area (Å²) in [6.07, 6.45) is 1.85. The van der Waals surface area contributed by atoms with E-state index >= 15 is 0 Å². The predicted octanol–water partition coefficient (Wildman–Crippen LogP) is 3.18. The molecule has 1 amide bonds. The Morgan fingerprint density at radius 2 is 2.15 bits per heavy atom. The average Bonchev–Trinajstić information content (AvgIpc) is 3.08. The molecule has 1 aliphatic rings. The fraction of sp³-hybridized carbons (Fsp3) is 0.357. The van der Waals surface area contributed by atoms with Gasteiger partial charge >= 0.3 is 0 Å². The smallest absolute Gasteiger partial charge is 0.249 e. The van der Waals surface area contributed by atoms with E-state index in [0.717, 1.165) is 29.4 Å². The summed E-state index contributed by atoms with van der Waals surface area (Å²) >= 11 is 3.39. The Morgan fingerprint density at radius 1 is 1.40 bits per heavy atom. The molecule has 1 fully saturated rings. The maximum Gasteiger partial charge on any atom is 0.249 e. The van der Waals surface area contributed by atoms with Crippen molar-refractivity contribution in [3.05, 3.63) is 34.6 Å². The third-order valence-electron chi connectivity index (χ3n) is 3.49. The minimum absolute atomic E-state index is 0.0518. The van der Waals surface area contributed by atoms with Gasteiger partial charge in [0.2, 0.25) is 17.6 Å². The quantitative estimate of drug-likeness (QED) is 0.845. The van der Waals surface area contributed by atoms with Gasteiger partial charge in [0.1, 0.15) is 6.04 Å². The van der Waals surface area contributed by atoms with Crippen LogP contribution >= 0.6 is 15.9 Å². The van der Waals surface area contributed by atoms with Crippen LogP contribution in [-0.2, 0) is 4.79 Å². The second-order valence-electron chi connectivity index (χ2n) is 4.83. The summed E-state index contributed by atoms with van der Waals surface area (Å²) < 4.78 is 6.35. The lowest BCUT2D eigenvalue weighted by Crippen LogP contribution is -2.28. The number of halogens is 1. The Balaban J connectivity index is 1.86. The molecule has 1 unspecified atom stereocenters. The van der Waals surface area contributed by atoms with Crippen molar-refractivity contribution in [3.8, 4) is 11.4 Å². The molecular weight excluding hydrogens is 322 g/mol. The van der Waals surface area contributed by atoms with Crippen molar-refractivity contribution >= 4 is 21.8 Å². The van der Waals surface area contributed by atoms with E-state index in [9.17, 15) is 4.79 Å². The number of amides is 1. The van der Waals surface area contributed by atoms with E-state index in [-0.39, 0.29) is 11.9 Å². The van der Waals surface area contributed by atoms with Crippen molar-refractivity contribution in [1.82, 2.24) is 15.0 Å². The number of carbonyl (C=O) groups excluding carboxylic acids is 1. The number of nitrogens with zero attached hydrogens (tertiary/aromatic N) is 3. The molecular formula is C14H14BrN3O2. The normalized spacial score (nSPS) is 18.5. The molecule has 1 aromatic carbocycles. The van der Waals surface area contributed by atoms with Crippen LogP contribution in [-0.4, -0.2) is 27.5 Å². The summed E-state index contributed by atoms with van der Waals surface area (Å²) in [7, 11) is 0. The molecule has 0 saturated carbocycles. The van der Waals surface area contributed by atoms with Crippen molar-refractivity contribution in [1.29, 1.82) is 0 Å². The largest absolute Gasteiger partial charge is 0.337 e. The molecule has 0 radical (unpaired) electrons. The van der Waals surface area contributed by atoms with Crippen molar-refractivity contribution < 1.29 is 9.32 Å². The van der Waals surface area contributed by atoms with Crippen molar-refractivity contribution in [3.63, 3.8) is 0 Å². The minimum Gasteiger partial charge on any atom is -0.337 e. The highest BCUT2D eigenvalue weighted by Crippen LogP contribution is 2.32. The molecule has 0 N–H and O–H groups in total. The maximum absolute atomic E-state index is 11.6. The van der Waals surface area contributed by atoms with Gasteiger partial charge in [0.25, 0.3) is 0 Å². The van der Waals surface area contributed by atoms with E-state index in [0.29, 0.717) is 11.7 Å². The number of carbonyl (C=O) groups is 1. The van der Waals surface area contributed by atoms with Gasteiger partial charge in [-0.2, -0.15) is 4.98 Å². The van der Waals surface area contributed by atoms with Crippen molar-refractivity contribution in [2.24, 2.45) is 0 Å². The molecule has 20 heavy (non-hydrogen) atoms. The Kier molecular flexibility index (Phi) is 3.56. The van der Waals surface area contributed by atoms with Gasteiger partial charge in [0.15, 0.2) is 0 Å². The molecule has 1 saturated heterocycles. The van der Waals surface area contributed by atoms with Gasteiger partial charge in [0, 0.05) is 23.5 Å². The zero-order valence-electron chi connectivity index (χ0n) is 11.0. The number of hydrogen-bond donors (Lipinski definition) is 0. The molecule has 0 bridgehead atoms. The van der Waals surface area contributed by atoms with Crippen LogP contribution in [0.4, 0.5) is 0 Å². The van der Waals surface area contributed by atoms with Crippen molar-refractivity contribution in [2.75, 3.05) is 6.54 Å². The van der Waals surface area contributed by atoms with Gasteiger partial charge in [-0.25, -0.2) is 0 Å². The fourth-order valence-corrected chi connectivity index (χ4v) is 2.75. The first kappa shape index (κ1) is 13.3. The van der Waals surface area contributed by atoms with Crippen LogP contribution in [0.3, 0.4) is 0 Å². The Bertz CT molecular complexity index is 624. The molecule has 2 aromatic rings. The summed E-state index contributed by atoms with van der Waals surface area (Å²) in [6.45, 7) is 2.33. The molecule has 3 rings (SSSR count). The lowest BCUT2D eigenvalue weighted by molar-refractivity contribution is -0.130. The second kappa shape index (κ2) is 5.36. The maximum atomic E-state index is 11.6. The van der Waals surface area contributed by atoms with E-state index < -0.39 is 0 Å². The Labute approximate surface area is 125 Å². The fourth-order valence-electron chi connectivity index (χ4n) is 2.49. The standard InChI is InChI=1S/C14H14BrN3O2/c1-9(19)18-8-2-3-12(18)14-16-13(17-20-14)10-4-6-11(15)7-5-10/h4-7,12H,2-3,8H2,1H3. The summed E-state index contributed by atoms with van der Waals surface area (Å²) in [5.41, 5.74) is 0.899. The summed E-state index contributed by atoms with van der Waals surface area (Å²) in [6, 6.07) is 7.64. The zero-order chi connectivity index (χ0) is 14.1. The van der Waals surface area contributed by atoms with E-state index in [1.54, 1.807) is 11.8 Å². The first-order valence-electron chi connectivity index (χ1n) is 6.52. The van der Waals surface area contributed by atoms with Gasteiger partial charge in [-0.1, -0.05) is 21.1 Å². The Hall–Kier alpha value is -1.69. The van der Waals surface area contributed by atoms with Crippen LogP contribution in [0.1, 0.15) is 31.7 Å². The molecule has 104 valence electrons. The monoisotopic (exact) mass is 335 g/mol. The predicted molar refractivity (Wildman–Crippen MR) is 76.8 cm³/mol. The van der Waals surface area contributed by atoms with Gasteiger partial charge in [0.05, 0.1) is 0 Å². The highest BCUT2D eigenvalue weighted by molar-refractivity contribution is 9.10. The number of rotatable bonds is 2. The highest BCUT2D eigenvalue weighted by atomic mass is 79.9. The number of benzene rings is 1. The first-order chi connectivity index (χ1) is 9.65. The summed E-state index contributed by atoms with van der Waals surface area (Å²) in [5, 5.41) is 4.02. The molecule has 1 aliphatic heterocycles. The summed E-state index contributed by atoms with van der Waals surface area (Å²) in [4.78, 5) is 17.8. The molecule has 6 heteroatoms. The number of likely N-dealkylation sites (tertiary alicyclic amines) is 1. The van der Waals surface area contributed by atoms with E-state index in [1.165, 1.54) is 0 Å². The van der Waals surface area contributed by atoms with Gasteiger partial charge in [-0.15, -0.1) is 0 Å². The van der Waals surface area contributed by atoms with Crippen LogP contribution in [0.5, 0.6) is 0 Å². The average molecular weight is 336 g/mol. The van der Waals surface area contributed by atoms with E-state index in [2.05, 4.69) is 26.1 Å². The molecule has 1 aromatic heterocycles. The van der Waals surface area contributed by atoms with E-state index in [1.807, 2.05) is 24.3 Å². The van der Waals surface area contributed by atoms with Crippen LogP contribution < -0.4 is 0 Å². The lowest BCUT2D eigenvalue weighted by atomic mass is 10.2. The summed E-state index contributed by atoms with van der Waals surface area (Å²) in [5.74, 6) is 1.13. The minimum atomic E-state index is -0.0794. The van der Waals surface area contributed by atoms with Gasteiger partial charge < -0.3 is 9.42 Å². The SMILES string of the molecule is CC(=O)N1CCCC1c1nc(-c2ccc(Br)cc2)no1. The first-order valence-corrected chi connectivity index (χ1v) is 7.31. The zero-order valence-corrected chi connectivity index (χ0v) is 12.6. The van der Waals surface area contributed by atoms with Crippen LogP contribution in [0, 0.1) is 0 Å². The van der Waals surface area contributed by atoms with Crippen LogP contribution in [0.15, 0.2) is 33.3 Å². The molecule has 0 aliphatic carbocycles. The Morgan fingerprint density at radius 3 is 2.85 bits per heavy atom. The highest BCUT2D eigenvalue weighted by Gasteiger charge is 2.32. The third kappa shape index (κ3) is 2.47. The van der Waals surface area contributed by atoms with E-state index in [4.69, 9.17) is 4.52 Å². The number of aromatic nitrogens is 2. The second-order valence-corrected chi connectivity index (χ2v) is 5.75. The molecule has 2 heterocycles. The van der Waals surface area contributed by atoms with Crippen molar-refractivity contribution in [2.45, 2.75) is 25.8 Å². The molecule has 5 nitrogen and oxygen atoms in total. The van der Waals surface area contributed by atoms with Crippen LogP contribution in [0.25, 0.3) is 11.4 Å². The van der Waals surface area contributed by atoms with Gasteiger partial charge in [-0.05, 0) is 37.1 Å². The molecule has 0 spiro atoms. The number of hydrogen-bond acceptors (Lipinski definition) is 4. The lowest BCUT2D eigenvalue weighted by Gasteiger charge is -2.19. The van der Waals surface area contributed by atoms with Gasteiger partial charge in [-0.3, -0.25) is 4.79 Å². The van der Waals surface area contributed by atoms with Crippen LogP contribution in [0.2, 0.25) is 0 Å². The molecule has 1 atom stereocenters.